The summed E-state index contributed by atoms with van der Waals surface area (Å²) in [5, 5.41) is 0. The highest BCUT2D eigenvalue weighted by molar-refractivity contribution is 6.21. The summed E-state index contributed by atoms with van der Waals surface area (Å²) in [4.78, 5) is 39.1. The van der Waals surface area contributed by atoms with Gasteiger partial charge in [0.25, 0.3) is 11.8 Å². The Kier molecular flexibility index (Phi) is 6.76. The highest BCUT2D eigenvalue weighted by Gasteiger charge is 2.40. The smallest absolute Gasteiger partial charge is 0.309 e. The zero-order valence-electron chi connectivity index (χ0n) is 18.1. The molecule has 1 saturated carbocycles. The van der Waals surface area contributed by atoms with Gasteiger partial charge in [0.05, 0.1) is 35.8 Å². The molecule has 1 atom stereocenters. The molecule has 0 aromatic heterocycles. The summed E-state index contributed by atoms with van der Waals surface area (Å²) in [6.07, 6.45) is 5.14. The third kappa shape index (κ3) is 4.98. The first kappa shape index (κ1) is 22.2. The number of amides is 2. The Morgan fingerprint density at radius 1 is 1.13 bits per heavy atom. The van der Waals surface area contributed by atoms with Gasteiger partial charge < -0.3 is 9.47 Å². The van der Waals surface area contributed by atoms with E-state index in [9.17, 15) is 14.4 Å². The van der Waals surface area contributed by atoms with Crippen molar-refractivity contribution in [3.05, 3.63) is 48.0 Å². The van der Waals surface area contributed by atoms with Gasteiger partial charge >= 0.3 is 5.97 Å². The van der Waals surface area contributed by atoms with Crippen molar-refractivity contribution in [1.29, 1.82) is 0 Å². The van der Waals surface area contributed by atoms with Gasteiger partial charge in [0.2, 0.25) is 0 Å². The number of hydrogen-bond acceptors (Lipinski definition) is 5. The van der Waals surface area contributed by atoms with E-state index in [1.807, 2.05) is 20.8 Å². The van der Waals surface area contributed by atoms with Crippen LogP contribution in [0.25, 0.3) is 0 Å². The fourth-order valence-corrected chi connectivity index (χ4v) is 4.08. The van der Waals surface area contributed by atoms with Gasteiger partial charge in [-0.25, -0.2) is 0 Å². The van der Waals surface area contributed by atoms with Gasteiger partial charge in [-0.2, -0.15) is 0 Å². The van der Waals surface area contributed by atoms with Gasteiger partial charge in [-0.05, 0) is 65.0 Å². The molecule has 1 aromatic rings. The Morgan fingerprint density at radius 2 is 1.70 bits per heavy atom. The summed E-state index contributed by atoms with van der Waals surface area (Å²) in [5.74, 6) is -0.792. The predicted octanol–water partition coefficient (Wildman–Crippen LogP) is 4.14. The van der Waals surface area contributed by atoms with E-state index >= 15 is 0 Å². The Bertz CT molecular complexity index is 782. The number of ether oxygens (including phenoxy) is 2. The van der Waals surface area contributed by atoms with Crippen LogP contribution in [0, 0.1) is 5.92 Å². The van der Waals surface area contributed by atoms with E-state index in [1.54, 1.807) is 30.3 Å². The lowest BCUT2D eigenvalue weighted by atomic mass is 9.87. The molecule has 30 heavy (non-hydrogen) atoms. The second-order valence-corrected chi connectivity index (χ2v) is 9.04. The maximum absolute atomic E-state index is 12.8. The molecule has 0 radical (unpaired) electrons. The Morgan fingerprint density at radius 3 is 2.20 bits per heavy atom. The molecule has 1 aromatic carbocycles. The first-order valence-corrected chi connectivity index (χ1v) is 10.6. The maximum Gasteiger partial charge on any atom is 0.309 e. The van der Waals surface area contributed by atoms with Gasteiger partial charge in [0, 0.05) is 0 Å². The maximum atomic E-state index is 12.8. The van der Waals surface area contributed by atoms with Crippen LogP contribution in [0.3, 0.4) is 0 Å². The van der Waals surface area contributed by atoms with E-state index in [1.165, 1.54) is 4.90 Å². The standard InChI is InChI=1S/C24H31NO5/c1-5-8-17(25-21(26)19-9-6-7-10-20(19)22(25)27)15-29-18-13-11-16(12-14-18)23(28)30-24(2,3)4/h5-7,9-10,16-18H,1,8,11-15H2,2-4H3/t16?,17-,18?/m0/s1. The fraction of sp³-hybridized carbons (Fsp3) is 0.542. The van der Waals surface area contributed by atoms with Crippen LogP contribution >= 0.6 is 0 Å². The highest BCUT2D eigenvalue weighted by Crippen LogP contribution is 2.30. The second-order valence-electron chi connectivity index (χ2n) is 9.04. The second kappa shape index (κ2) is 9.13. The number of fused-ring (bicyclic) bond motifs is 1. The van der Waals surface area contributed by atoms with Crippen LogP contribution in [0.4, 0.5) is 0 Å². The van der Waals surface area contributed by atoms with Gasteiger partial charge in [-0.3, -0.25) is 19.3 Å². The Hall–Kier alpha value is -2.47. The Labute approximate surface area is 178 Å². The number of esters is 1. The number of benzene rings is 1. The largest absolute Gasteiger partial charge is 0.460 e. The summed E-state index contributed by atoms with van der Waals surface area (Å²) < 4.78 is 11.6. The number of carbonyl (C=O) groups is 3. The van der Waals surface area contributed by atoms with E-state index in [4.69, 9.17) is 9.47 Å². The molecule has 0 spiro atoms. The topological polar surface area (TPSA) is 72.9 Å². The van der Waals surface area contributed by atoms with E-state index < -0.39 is 11.6 Å². The molecule has 3 rings (SSSR count). The molecule has 1 fully saturated rings. The summed E-state index contributed by atoms with van der Waals surface area (Å²) in [7, 11) is 0. The quantitative estimate of drug-likeness (QED) is 0.382. The zero-order valence-corrected chi connectivity index (χ0v) is 18.1. The summed E-state index contributed by atoms with van der Waals surface area (Å²) in [6, 6.07) is 6.49. The lowest BCUT2D eigenvalue weighted by Crippen LogP contribution is -2.43. The molecule has 1 aliphatic heterocycles. The minimum absolute atomic E-state index is 0.00573. The molecule has 1 heterocycles. The first-order chi connectivity index (χ1) is 14.2. The summed E-state index contributed by atoms with van der Waals surface area (Å²) in [6.45, 7) is 9.65. The average molecular weight is 414 g/mol. The molecule has 0 bridgehead atoms. The van der Waals surface area contributed by atoms with Gasteiger partial charge in [-0.1, -0.05) is 18.2 Å². The number of nitrogens with zero attached hydrogens (tertiary/aromatic N) is 1. The number of imide groups is 1. The highest BCUT2D eigenvalue weighted by atomic mass is 16.6. The van der Waals surface area contributed by atoms with Crippen LogP contribution in [-0.2, 0) is 14.3 Å². The van der Waals surface area contributed by atoms with E-state index in [0.29, 0.717) is 17.5 Å². The minimum Gasteiger partial charge on any atom is -0.460 e. The molecule has 162 valence electrons. The van der Waals surface area contributed by atoms with Crippen molar-refractivity contribution in [2.24, 2.45) is 5.92 Å². The normalized spacial score (nSPS) is 22.6. The van der Waals surface area contributed by atoms with Crippen molar-refractivity contribution in [3.8, 4) is 0 Å². The summed E-state index contributed by atoms with van der Waals surface area (Å²) >= 11 is 0. The molecule has 2 aliphatic rings. The lowest BCUT2D eigenvalue weighted by Gasteiger charge is -2.32. The molecule has 0 saturated heterocycles. The van der Waals surface area contributed by atoms with Crippen molar-refractivity contribution in [2.45, 2.75) is 70.6 Å². The number of carbonyl (C=O) groups excluding carboxylic acids is 3. The van der Waals surface area contributed by atoms with Gasteiger partial charge in [-0.15, -0.1) is 6.58 Å². The van der Waals surface area contributed by atoms with E-state index in [-0.39, 0.29) is 36.4 Å². The molecule has 2 amide bonds. The van der Waals surface area contributed by atoms with Crippen LogP contribution < -0.4 is 0 Å². The SMILES string of the molecule is C=CC[C@@H](COC1CCC(C(=O)OC(C)(C)C)CC1)N1C(=O)c2ccccc2C1=O. The molecule has 0 unspecified atom stereocenters. The minimum atomic E-state index is -0.477. The van der Waals surface area contributed by atoms with Crippen molar-refractivity contribution in [2.75, 3.05) is 6.61 Å². The molecule has 6 heteroatoms. The fourth-order valence-electron chi connectivity index (χ4n) is 4.08. The third-order valence-corrected chi connectivity index (χ3v) is 5.57. The van der Waals surface area contributed by atoms with Gasteiger partial charge in [0.15, 0.2) is 0 Å². The van der Waals surface area contributed by atoms with E-state index in [0.717, 1.165) is 25.7 Å². The molecular weight excluding hydrogens is 382 g/mol. The summed E-state index contributed by atoms with van der Waals surface area (Å²) in [5.41, 5.74) is 0.401. The first-order valence-electron chi connectivity index (χ1n) is 10.6. The third-order valence-electron chi connectivity index (χ3n) is 5.57. The van der Waals surface area contributed by atoms with Crippen molar-refractivity contribution in [3.63, 3.8) is 0 Å². The number of hydrogen-bond donors (Lipinski definition) is 0. The molecular formula is C24H31NO5. The molecule has 6 nitrogen and oxygen atoms in total. The van der Waals surface area contributed by atoms with Crippen LogP contribution in [-0.4, -0.2) is 47.0 Å². The van der Waals surface area contributed by atoms with Crippen LogP contribution in [0.1, 0.15) is 73.6 Å². The van der Waals surface area contributed by atoms with Crippen LogP contribution in [0.5, 0.6) is 0 Å². The van der Waals surface area contributed by atoms with Crippen molar-refractivity contribution in [1.82, 2.24) is 4.90 Å². The molecule has 1 aliphatic carbocycles. The zero-order chi connectivity index (χ0) is 21.9. The van der Waals surface area contributed by atoms with Crippen molar-refractivity contribution >= 4 is 17.8 Å². The Balaban J connectivity index is 1.56. The van der Waals surface area contributed by atoms with Crippen LogP contribution in [0.15, 0.2) is 36.9 Å². The molecule has 0 N–H and O–H groups in total. The lowest BCUT2D eigenvalue weighted by molar-refractivity contribution is -0.162. The average Bonchev–Trinajstić information content (AvgIpc) is 2.95. The monoisotopic (exact) mass is 413 g/mol. The van der Waals surface area contributed by atoms with Crippen molar-refractivity contribution < 1.29 is 23.9 Å². The predicted molar refractivity (Wildman–Crippen MR) is 113 cm³/mol. The van der Waals surface area contributed by atoms with Gasteiger partial charge in [0.1, 0.15) is 5.60 Å². The number of rotatable bonds is 7. The van der Waals surface area contributed by atoms with Crippen LogP contribution in [0.2, 0.25) is 0 Å². The van der Waals surface area contributed by atoms with E-state index in [2.05, 4.69) is 6.58 Å².